The van der Waals surface area contributed by atoms with Crippen molar-refractivity contribution in [1.82, 2.24) is 0 Å². The van der Waals surface area contributed by atoms with Gasteiger partial charge in [0.05, 0.1) is 41.4 Å². The summed E-state index contributed by atoms with van der Waals surface area (Å²) >= 11 is 6.27. The monoisotopic (exact) mass is 603 g/mol. The molecule has 2 N–H and O–H groups in total. The highest BCUT2D eigenvalue weighted by Crippen LogP contribution is 2.53. The van der Waals surface area contributed by atoms with Crippen molar-refractivity contribution < 1.29 is 55.5 Å². The van der Waals surface area contributed by atoms with Gasteiger partial charge in [0, 0.05) is 12.1 Å². The molecule has 0 saturated carbocycles. The smallest absolute Gasteiger partial charge is 0.487 e. The minimum Gasteiger partial charge on any atom is -0.508 e. The number of amides is 2. The van der Waals surface area contributed by atoms with Gasteiger partial charge in [-0.25, -0.2) is 4.90 Å². The summed E-state index contributed by atoms with van der Waals surface area (Å²) < 4.78 is 92.2. The Kier molecular flexibility index (Phi) is 7.42. The van der Waals surface area contributed by atoms with Crippen LogP contribution in [0.3, 0.4) is 0 Å². The van der Waals surface area contributed by atoms with Gasteiger partial charge in [-0.3, -0.25) is 9.59 Å². The third kappa shape index (κ3) is 5.22. The van der Waals surface area contributed by atoms with E-state index in [9.17, 15) is 46.1 Å². The number of halogens is 7. The maximum atomic E-state index is 13.8. The fourth-order valence-electron chi connectivity index (χ4n) is 6.02. The van der Waals surface area contributed by atoms with Crippen molar-refractivity contribution in [2.45, 2.75) is 31.3 Å². The van der Waals surface area contributed by atoms with Crippen LogP contribution in [0.15, 0.2) is 47.4 Å². The fraction of sp³-hybridized carbons (Fsp3) is 0.385. The van der Waals surface area contributed by atoms with Crippen molar-refractivity contribution in [3.8, 4) is 5.75 Å². The average molecular weight is 604 g/mol. The number of methoxy groups -OCH3 is 1. The van der Waals surface area contributed by atoms with E-state index in [2.05, 4.69) is 0 Å². The summed E-state index contributed by atoms with van der Waals surface area (Å²) in [6.07, 6.45) is -11.4. The van der Waals surface area contributed by atoms with E-state index in [4.69, 9.17) is 21.0 Å². The van der Waals surface area contributed by atoms with Crippen LogP contribution in [0.1, 0.15) is 35.6 Å². The number of fused-ring (bicyclic) bond motifs is 3. The van der Waals surface area contributed by atoms with Crippen LogP contribution in [0.4, 0.5) is 32.0 Å². The average Bonchev–Trinajstić information content (AvgIpc) is 3.12. The number of anilines is 1. The molecule has 2 heterocycles. The van der Waals surface area contributed by atoms with E-state index in [1.807, 2.05) is 0 Å². The van der Waals surface area contributed by atoms with Gasteiger partial charge in [0.15, 0.2) is 0 Å². The first-order chi connectivity index (χ1) is 19.1. The number of nitrogens with zero attached hydrogens (tertiary/aromatic N) is 1. The normalized spacial score (nSPS) is 25.1. The zero-order valence-electron chi connectivity index (χ0n) is 21.1. The molecule has 0 aromatic heterocycles. The lowest BCUT2D eigenvalue weighted by Gasteiger charge is -2.42. The Bertz CT molecular complexity index is 1410. The number of carbonyl (C=O) groups is 2. The van der Waals surface area contributed by atoms with Gasteiger partial charge in [-0.15, -0.1) is 0 Å². The molecule has 2 saturated heterocycles. The van der Waals surface area contributed by atoms with Gasteiger partial charge >= 0.3 is 19.5 Å². The SMILES string of the molecule is COCC1=C2B(O)O[C@H](c3ccc(O)cc3Cl)C[C@H]2[C@H]2C(=O)N(c3cc(C(F)(F)F)cc(C(F)(F)F)c3)C(=O)[C@H]2C1. The number of hydrogen-bond acceptors (Lipinski definition) is 6. The number of aromatic hydroxyl groups is 1. The van der Waals surface area contributed by atoms with Gasteiger partial charge in [0.2, 0.25) is 11.8 Å². The molecule has 2 fully saturated rings. The maximum Gasteiger partial charge on any atom is 0.487 e. The minimum atomic E-state index is -5.18. The van der Waals surface area contributed by atoms with Gasteiger partial charge in [-0.05, 0) is 65.7 Å². The van der Waals surface area contributed by atoms with Crippen LogP contribution >= 0.6 is 11.6 Å². The molecule has 218 valence electrons. The second-order valence-electron chi connectivity index (χ2n) is 10.1. The largest absolute Gasteiger partial charge is 0.508 e. The number of allylic oxidation sites excluding steroid dienone is 1. The Morgan fingerprint density at radius 3 is 2.22 bits per heavy atom. The molecule has 3 aliphatic rings. The van der Waals surface area contributed by atoms with E-state index in [1.165, 1.54) is 25.3 Å². The summed E-state index contributed by atoms with van der Waals surface area (Å²) in [5.41, 5.74) is -3.12. The first-order valence-corrected chi connectivity index (χ1v) is 12.7. The molecule has 2 aromatic rings. The van der Waals surface area contributed by atoms with Crippen molar-refractivity contribution >= 4 is 36.2 Å². The summed E-state index contributed by atoms with van der Waals surface area (Å²) in [5, 5.41) is 20.8. The molecular weight excluding hydrogens is 583 g/mol. The number of imide groups is 1. The number of phenolic OH excluding ortho intramolecular Hbond substituents is 1. The second-order valence-corrected chi connectivity index (χ2v) is 10.5. The van der Waals surface area contributed by atoms with E-state index in [0.29, 0.717) is 28.2 Å². The van der Waals surface area contributed by atoms with E-state index < -0.39 is 72.0 Å². The van der Waals surface area contributed by atoms with Gasteiger partial charge < -0.3 is 19.5 Å². The molecular formula is C26H21BClF6NO6. The Labute approximate surface area is 234 Å². The van der Waals surface area contributed by atoms with Crippen LogP contribution in [-0.4, -0.2) is 42.8 Å². The van der Waals surface area contributed by atoms with Crippen molar-refractivity contribution in [2.75, 3.05) is 18.6 Å². The number of phenols is 1. The summed E-state index contributed by atoms with van der Waals surface area (Å²) in [5.74, 6) is -5.31. The van der Waals surface area contributed by atoms with E-state index in [-0.39, 0.29) is 41.8 Å². The molecule has 5 rings (SSSR count). The third-order valence-corrected chi connectivity index (χ3v) is 8.02. The van der Waals surface area contributed by atoms with Crippen molar-refractivity contribution in [1.29, 1.82) is 0 Å². The van der Waals surface area contributed by atoms with Crippen molar-refractivity contribution in [3.63, 3.8) is 0 Å². The summed E-state index contributed by atoms with van der Waals surface area (Å²) in [6.45, 7) is -0.0661. The Morgan fingerprint density at radius 2 is 1.66 bits per heavy atom. The molecule has 0 radical (unpaired) electrons. The molecule has 15 heteroatoms. The predicted octanol–water partition coefficient (Wildman–Crippen LogP) is 5.33. The zero-order valence-corrected chi connectivity index (χ0v) is 21.8. The Morgan fingerprint density at radius 1 is 1.02 bits per heavy atom. The lowest BCUT2D eigenvalue weighted by molar-refractivity contribution is -0.143. The van der Waals surface area contributed by atoms with Crippen LogP contribution in [0.2, 0.25) is 5.02 Å². The maximum absolute atomic E-state index is 13.8. The number of rotatable bonds is 4. The number of carbonyl (C=O) groups excluding carboxylic acids is 2. The topological polar surface area (TPSA) is 96.3 Å². The summed E-state index contributed by atoms with van der Waals surface area (Å²) in [4.78, 5) is 27.7. The number of benzene rings is 2. The number of alkyl halides is 6. The Hall–Kier alpha value is -3.07. The van der Waals surface area contributed by atoms with E-state index in [0.717, 1.165) is 0 Å². The predicted molar refractivity (Wildman–Crippen MR) is 132 cm³/mol. The lowest BCUT2D eigenvalue weighted by atomic mass is 9.55. The van der Waals surface area contributed by atoms with Gasteiger partial charge in [-0.1, -0.05) is 17.7 Å². The number of ether oxygens (including phenoxy) is 1. The fourth-order valence-corrected chi connectivity index (χ4v) is 6.31. The molecule has 2 amide bonds. The highest BCUT2D eigenvalue weighted by Gasteiger charge is 2.58. The first-order valence-electron chi connectivity index (χ1n) is 12.3. The van der Waals surface area contributed by atoms with Crippen LogP contribution in [0.25, 0.3) is 0 Å². The van der Waals surface area contributed by atoms with Crippen LogP contribution in [0, 0.1) is 17.8 Å². The molecule has 4 atom stereocenters. The van der Waals surface area contributed by atoms with Crippen LogP contribution in [-0.2, 0) is 31.3 Å². The van der Waals surface area contributed by atoms with E-state index in [1.54, 1.807) is 0 Å². The lowest BCUT2D eigenvalue weighted by Crippen LogP contribution is -2.45. The molecule has 7 nitrogen and oxygen atoms in total. The number of hydrogen-bond donors (Lipinski definition) is 2. The van der Waals surface area contributed by atoms with E-state index >= 15 is 0 Å². The highest BCUT2D eigenvalue weighted by atomic mass is 35.5. The van der Waals surface area contributed by atoms with Crippen molar-refractivity contribution in [3.05, 3.63) is 69.2 Å². The molecule has 0 spiro atoms. The second kappa shape index (κ2) is 10.3. The third-order valence-electron chi connectivity index (χ3n) is 7.69. The molecule has 2 aliphatic heterocycles. The first kappa shape index (κ1) is 29.4. The van der Waals surface area contributed by atoms with Gasteiger partial charge in [0.1, 0.15) is 5.75 Å². The molecule has 41 heavy (non-hydrogen) atoms. The quantitative estimate of drug-likeness (QED) is 0.279. The molecule has 0 bridgehead atoms. The Balaban J connectivity index is 1.59. The molecule has 0 unspecified atom stereocenters. The van der Waals surface area contributed by atoms with Crippen molar-refractivity contribution in [2.24, 2.45) is 17.8 Å². The summed E-state index contributed by atoms with van der Waals surface area (Å²) in [7, 11) is -0.212. The standard InChI is InChI=1S/C26H21BClF6NO6/c1-40-10-11-4-18-21(17-9-20(41-27(39)22(11)17)16-3-2-15(36)8-19(16)28)24(38)35(23(18)37)14-6-12(25(29,30)31)5-13(7-14)26(32,33)34/h2-3,5-8,17-18,20-21,36,39H,4,9-10H2,1H3/t17-,18-,20-,21+/m0/s1. The molecule has 2 aromatic carbocycles. The molecule has 1 aliphatic carbocycles. The summed E-state index contributed by atoms with van der Waals surface area (Å²) in [6, 6.07) is 4.62. The zero-order chi connectivity index (χ0) is 30.0. The van der Waals surface area contributed by atoms with Gasteiger partial charge in [0.25, 0.3) is 0 Å². The van der Waals surface area contributed by atoms with Gasteiger partial charge in [-0.2, -0.15) is 26.3 Å². The minimum absolute atomic E-state index is 0.00544. The van der Waals surface area contributed by atoms with Crippen LogP contribution < -0.4 is 4.90 Å². The highest BCUT2D eigenvalue weighted by molar-refractivity contribution is 6.53. The van der Waals surface area contributed by atoms with Crippen LogP contribution in [0.5, 0.6) is 5.75 Å².